The van der Waals surface area contributed by atoms with Gasteiger partial charge in [-0.05, 0) is 31.2 Å². The van der Waals surface area contributed by atoms with E-state index in [0.717, 1.165) is 0 Å². The first-order valence-corrected chi connectivity index (χ1v) is 6.63. The Kier molecular flexibility index (Phi) is 4.10. The van der Waals surface area contributed by atoms with Crippen molar-refractivity contribution in [2.24, 2.45) is 0 Å². The molecule has 7 heteroatoms. The molecule has 0 aliphatic heterocycles. The van der Waals surface area contributed by atoms with Crippen LogP contribution < -0.4 is 5.32 Å². The summed E-state index contributed by atoms with van der Waals surface area (Å²) in [5.74, 6) is 0.391. The fraction of sp³-hybridized carbons (Fsp3) is 0.231. The zero-order valence-corrected chi connectivity index (χ0v) is 12.3. The van der Waals surface area contributed by atoms with Crippen LogP contribution in [0.2, 0.25) is 0 Å². The first kappa shape index (κ1) is 14.5. The first-order chi connectivity index (χ1) is 9.40. The molecule has 0 saturated carbocycles. The van der Waals surface area contributed by atoms with Crippen molar-refractivity contribution in [3.05, 3.63) is 56.9 Å². The van der Waals surface area contributed by atoms with Crippen LogP contribution in [0.25, 0.3) is 0 Å². The molecule has 0 aliphatic carbocycles. The van der Waals surface area contributed by atoms with Gasteiger partial charge < -0.3 is 14.8 Å². The van der Waals surface area contributed by atoms with E-state index in [1.54, 1.807) is 31.2 Å². The maximum atomic E-state index is 11.0. The molecule has 1 aromatic carbocycles. The van der Waals surface area contributed by atoms with Crippen LogP contribution >= 0.6 is 15.9 Å². The predicted molar refractivity (Wildman–Crippen MR) is 77.6 cm³/mol. The highest BCUT2D eigenvalue weighted by Gasteiger charge is 2.27. The van der Waals surface area contributed by atoms with Crippen molar-refractivity contribution in [2.45, 2.75) is 12.5 Å². The average molecular weight is 341 g/mol. The maximum absolute atomic E-state index is 11.0. The molecule has 0 spiro atoms. The molecule has 0 aliphatic rings. The fourth-order valence-corrected chi connectivity index (χ4v) is 2.11. The molecule has 1 atom stereocenters. The number of nitro groups is 1. The number of benzene rings is 1. The number of hydrogen-bond acceptors (Lipinski definition) is 5. The lowest BCUT2D eigenvalue weighted by molar-refractivity contribution is -0.384. The van der Waals surface area contributed by atoms with E-state index in [4.69, 9.17) is 4.42 Å². The van der Waals surface area contributed by atoms with Crippen LogP contribution in [0.5, 0.6) is 0 Å². The van der Waals surface area contributed by atoms with Crippen LogP contribution in [0.15, 0.2) is 45.5 Å². The van der Waals surface area contributed by atoms with Crippen molar-refractivity contribution in [3.8, 4) is 0 Å². The molecule has 2 aromatic rings. The van der Waals surface area contributed by atoms with Gasteiger partial charge in [0.15, 0.2) is 0 Å². The molecule has 2 rings (SSSR count). The molecule has 1 unspecified atom stereocenters. The largest absolute Gasteiger partial charge is 0.466 e. The van der Waals surface area contributed by atoms with Crippen LogP contribution in [0.4, 0.5) is 11.4 Å². The summed E-state index contributed by atoms with van der Waals surface area (Å²) in [6.45, 7) is 1.65. The number of anilines is 1. The molecular weight excluding hydrogens is 328 g/mol. The van der Waals surface area contributed by atoms with Crippen molar-refractivity contribution in [2.75, 3.05) is 11.9 Å². The van der Waals surface area contributed by atoms with Gasteiger partial charge >= 0.3 is 0 Å². The lowest BCUT2D eigenvalue weighted by atomic mass is 10.0. The van der Waals surface area contributed by atoms with E-state index in [2.05, 4.69) is 21.2 Å². The molecule has 6 nitrogen and oxygen atoms in total. The van der Waals surface area contributed by atoms with E-state index < -0.39 is 10.5 Å². The van der Waals surface area contributed by atoms with E-state index in [0.29, 0.717) is 15.9 Å². The number of hydrogen-bond donors (Lipinski definition) is 2. The summed E-state index contributed by atoms with van der Waals surface area (Å²) >= 11 is 3.26. The number of aliphatic hydroxyl groups is 1. The van der Waals surface area contributed by atoms with Gasteiger partial charge in [0.25, 0.3) is 5.69 Å². The molecule has 106 valence electrons. The maximum Gasteiger partial charge on any atom is 0.292 e. The van der Waals surface area contributed by atoms with Crippen LogP contribution in [0.1, 0.15) is 12.7 Å². The second-order valence-corrected chi connectivity index (χ2v) is 5.44. The van der Waals surface area contributed by atoms with Crippen molar-refractivity contribution < 1.29 is 14.4 Å². The third kappa shape index (κ3) is 3.17. The Morgan fingerprint density at radius 3 is 2.85 bits per heavy atom. The molecule has 0 amide bonds. The molecule has 20 heavy (non-hydrogen) atoms. The van der Waals surface area contributed by atoms with Crippen LogP contribution in [-0.4, -0.2) is 16.6 Å². The Bertz CT molecular complexity index is 611. The number of furan rings is 1. The van der Waals surface area contributed by atoms with Gasteiger partial charge in [0.1, 0.15) is 17.0 Å². The second-order valence-electron chi connectivity index (χ2n) is 4.52. The summed E-state index contributed by atoms with van der Waals surface area (Å²) in [4.78, 5) is 10.5. The Labute approximate surface area is 123 Å². The van der Waals surface area contributed by atoms with Crippen molar-refractivity contribution in [1.82, 2.24) is 0 Å². The van der Waals surface area contributed by atoms with Gasteiger partial charge in [0.2, 0.25) is 0 Å². The molecule has 0 fully saturated rings. The lowest BCUT2D eigenvalue weighted by Gasteiger charge is -2.21. The average Bonchev–Trinajstić information content (AvgIpc) is 2.90. The SMILES string of the molecule is CC(O)(CNc1cc(Br)ccc1[N+](=O)[O-])c1ccco1. The summed E-state index contributed by atoms with van der Waals surface area (Å²) < 4.78 is 5.87. The van der Waals surface area contributed by atoms with Gasteiger partial charge in [0.05, 0.1) is 17.7 Å². The Morgan fingerprint density at radius 2 is 2.25 bits per heavy atom. The second kappa shape index (κ2) is 5.64. The first-order valence-electron chi connectivity index (χ1n) is 5.84. The normalized spacial score (nSPS) is 13.8. The summed E-state index contributed by atoms with van der Waals surface area (Å²) in [5.41, 5.74) is -0.987. The Hall–Kier alpha value is -1.86. The molecule has 0 bridgehead atoms. The minimum Gasteiger partial charge on any atom is -0.466 e. The number of halogens is 1. The van der Waals surface area contributed by atoms with Crippen molar-refractivity contribution in [1.29, 1.82) is 0 Å². The van der Waals surface area contributed by atoms with Gasteiger partial charge in [0, 0.05) is 10.5 Å². The molecule has 0 saturated heterocycles. The van der Waals surface area contributed by atoms with E-state index in [1.165, 1.54) is 12.3 Å². The molecule has 0 radical (unpaired) electrons. The summed E-state index contributed by atoms with van der Waals surface area (Å²) in [7, 11) is 0. The summed E-state index contributed by atoms with van der Waals surface area (Å²) in [6.07, 6.45) is 1.46. The number of nitrogens with zero attached hydrogens (tertiary/aromatic N) is 1. The molecule has 2 N–H and O–H groups in total. The van der Waals surface area contributed by atoms with Gasteiger partial charge in [-0.2, -0.15) is 0 Å². The van der Waals surface area contributed by atoms with Crippen LogP contribution in [0, 0.1) is 10.1 Å². The molecule has 1 heterocycles. The van der Waals surface area contributed by atoms with Gasteiger partial charge in [-0.3, -0.25) is 10.1 Å². The van der Waals surface area contributed by atoms with E-state index in [9.17, 15) is 15.2 Å². The van der Waals surface area contributed by atoms with Crippen molar-refractivity contribution >= 4 is 27.3 Å². The number of nitro benzene ring substituents is 1. The lowest BCUT2D eigenvalue weighted by Crippen LogP contribution is -2.30. The van der Waals surface area contributed by atoms with Gasteiger partial charge in [-0.1, -0.05) is 15.9 Å². The third-order valence-electron chi connectivity index (χ3n) is 2.83. The Balaban J connectivity index is 2.19. The fourth-order valence-electron chi connectivity index (χ4n) is 1.75. The topological polar surface area (TPSA) is 88.5 Å². The van der Waals surface area contributed by atoms with E-state index in [1.807, 2.05) is 0 Å². The van der Waals surface area contributed by atoms with Gasteiger partial charge in [-0.15, -0.1) is 0 Å². The monoisotopic (exact) mass is 340 g/mol. The third-order valence-corrected chi connectivity index (χ3v) is 3.32. The summed E-state index contributed by atoms with van der Waals surface area (Å²) in [5, 5.41) is 24.1. The zero-order chi connectivity index (χ0) is 14.8. The summed E-state index contributed by atoms with van der Waals surface area (Å²) in [6, 6.07) is 7.90. The van der Waals surface area contributed by atoms with Crippen LogP contribution in [-0.2, 0) is 5.60 Å². The number of nitrogens with one attached hydrogen (secondary N) is 1. The van der Waals surface area contributed by atoms with Crippen molar-refractivity contribution in [3.63, 3.8) is 0 Å². The van der Waals surface area contributed by atoms with E-state index in [-0.39, 0.29) is 12.2 Å². The Morgan fingerprint density at radius 1 is 1.50 bits per heavy atom. The van der Waals surface area contributed by atoms with Crippen LogP contribution in [0.3, 0.4) is 0 Å². The molecular formula is C13H13BrN2O4. The predicted octanol–water partition coefficient (Wildman–Crippen LogP) is 3.27. The van der Waals surface area contributed by atoms with E-state index >= 15 is 0 Å². The standard InChI is InChI=1S/C13H13BrN2O4/c1-13(17,12-3-2-6-20-12)8-15-10-7-9(14)4-5-11(10)16(18)19/h2-7,15,17H,8H2,1H3. The molecule has 1 aromatic heterocycles. The highest BCUT2D eigenvalue weighted by molar-refractivity contribution is 9.10. The highest BCUT2D eigenvalue weighted by atomic mass is 79.9. The zero-order valence-electron chi connectivity index (χ0n) is 10.7. The number of rotatable bonds is 5. The minimum atomic E-state index is -1.26. The highest BCUT2D eigenvalue weighted by Crippen LogP contribution is 2.29. The quantitative estimate of drug-likeness (QED) is 0.644. The van der Waals surface area contributed by atoms with Gasteiger partial charge in [-0.25, -0.2) is 0 Å². The smallest absolute Gasteiger partial charge is 0.292 e. The minimum absolute atomic E-state index is 0.0524.